The van der Waals surface area contributed by atoms with E-state index in [9.17, 15) is 0 Å². The van der Waals surface area contributed by atoms with Crippen molar-refractivity contribution in [3.63, 3.8) is 0 Å². The van der Waals surface area contributed by atoms with Gasteiger partial charge in [0.15, 0.2) is 5.96 Å². The lowest BCUT2D eigenvalue weighted by atomic mass is 10.2. The molecule has 152 valence electrons. The van der Waals surface area contributed by atoms with Crippen molar-refractivity contribution in [3.8, 4) is 0 Å². The number of guanidine groups is 1. The summed E-state index contributed by atoms with van der Waals surface area (Å²) in [4.78, 5) is 11.1. The van der Waals surface area contributed by atoms with E-state index in [0.29, 0.717) is 13.1 Å². The average molecular weight is 516 g/mol. The fourth-order valence-corrected chi connectivity index (χ4v) is 3.22. The molecule has 1 aromatic heterocycles. The lowest BCUT2D eigenvalue weighted by Gasteiger charge is -2.32. The number of nitrogens with one attached hydrogen (secondary N) is 2. The molecule has 28 heavy (non-hydrogen) atoms. The second kappa shape index (κ2) is 11.4. The van der Waals surface area contributed by atoms with Crippen molar-refractivity contribution in [2.24, 2.45) is 4.99 Å². The monoisotopic (exact) mass is 515 g/mol. The van der Waals surface area contributed by atoms with Crippen molar-refractivity contribution in [1.29, 1.82) is 0 Å². The van der Waals surface area contributed by atoms with Crippen molar-refractivity contribution < 1.29 is 4.74 Å². The highest BCUT2D eigenvalue weighted by Gasteiger charge is 2.18. The Bertz CT molecular complexity index is 789. The van der Waals surface area contributed by atoms with Gasteiger partial charge in [0.25, 0.3) is 0 Å². The molecule has 1 aliphatic rings. The van der Waals surface area contributed by atoms with Gasteiger partial charge in [0.2, 0.25) is 0 Å². The first-order valence-electron chi connectivity index (χ1n) is 9.14. The zero-order valence-corrected chi connectivity index (χ0v) is 19.3. The van der Waals surface area contributed by atoms with Gasteiger partial charge in [-0.05, 0) is 42.3 Å². The first-order chi connectivity index (χ1) is 13.1. The van der Waals surface area contributed by atoms with Crippen LogP contribution in [-0.2, 0) is 17.8 Å². The van der Waals surface area contributed by atoms with Crippen LogP contribution in [0.5, 0.6) is 0 Å². The van der Waals surface area contributed by atoms with Crippen LogP contribution in [0.2, 0.25) is 5.02 Å². The Morgan fingerprint density at radius 1 is 1.25 bits per heavy atom. The van der Waals surface area contributed by atoms with Crippen LogP contribution in [0.1, 0.15) is 18.1 Å². The number of anilines is 1. The molecule has 1 aromatic carbocycles. The van der Waals surface area contributed by atoms with E-state index in [1.54, 1.807) is 7.05 Å². The third kappa shape index (κ3) is 6.79. The Labute approximate surface area is 188 Å². The second-order valence-corrected chi connectivity index (χ2v) is 7.00. The third-order valence-corrected chi connectivity index (χ3v) is 4.64. The maximum Gasteiger partial charge on any atom is 0.191 e. The highest BCUT2D eigenvalue weighted by atomic mass is 127. The number of hydrogen-bond acceptors (Lipinski definition) is 4. The number of halogens is 2. The van der Waals surface area contributed by atoms with Crippen molar-refractivity contribution in [2.75, 3.05) is 31.6 Å². The largest absolute Gasteiger partial charge is 0.375 e. The molecule has 0 saturated carbocycles. The summed E-state index contributed by atoms with van der Waals surface area (Å²) < 4.78 is 5.61. The fourth-order valence-electron chi connectivity index (χ4n) is 3.01. The maximum atomic E-state index is 6.03. The molecule has 3 rings (SSSR count). The molecular formula is C20H27ClIN5O. The quantitative estimate of drug-likeness (QED) is 0.363. The molecule has 0 radical (unpaired) electrons. The van der Waals surface area contributed by atoms with E-state index < -0.39 is 0 Å². The van der Waals surface area contributed by atoms with E-state index in [4.69, 9.17) is 16.3 Å². The van der Waals surface area contributed by atoms with Crippen LogP contribution in [0.4, 0.5) is 5.82 Å². The molecule has 1 atom stereocenters. The minimum absolute atomic E-state index is 0. The van der Waals surface area contributed by atoms with Crippen molar-refractivity contribution in [3.05, 3.63) is 58.7 Å². The lowest BCUT2D eigenvalue weighted by molar-refractivity contribution is 0.0529. The lowest BCUT2D eigenvalue weighted by Crippen LogP contribution is -2.41. The predicted molar refractivity (Wildman–Crippen MR) is 126 cm³/mol. The molecule has 1 aliphatic heterocycles. The molecule has 0 spiro atoms. The number of benzene rings is 1. The highest BCUT2D eigenvalue weighted by molar-refractivity contribution is 14.0. The SMILES string of the molecule is CN=C(NCc1cccc(Cl)c1)NCc1ccnc(N2CCOC(C)C2)c1.I. The molecule has 0 amide bonds. The first kappa shape index (κ1) is 22.7. The van der Waals surface area contributed by atoms with Gasteiger partial charge in [0.1, 0.15) is 5.82 Å². The van der Waals surface area contributed by atoms with Gasteiger partial charge in [-0.1, -0.05) is 23.7 Å². The smallest absolute Gasteiger partial charge is 0.191 e. The molecule has 1 fully saturated rings. The molecule has 6 nitrogen and oxygen atoms in total. The summed E-state index contributed by atoms with van der Waals surface area (Å²) in [5.74, 6) is 1.74. The number of aliphatic imine (C=N–C) groups is 1. The summed E-state index contributed by atoms with van der Waals surface area (Å²) >= 11 is 6.03. The van der Waals surface area contributed by atoms with Gasteiger partial charge in [0.05, 0.1) is 12.7 Å². The van der Waals surface area contributed by atoms with Gasteiger partial charge >= 0.3 is 0 Å². The number of rotatable bonds is 5. The molecule has 0 bridgehead atoms. The Morgan fingerprint density at radius 2 is 2.00 bits per heavy atom. The number of pyridine rings is 1. The summed E-state index contributed by atoms with van der Waals surface area (Å²) in [7, 11) is 1.76. The molecule has 1 saturated heterocycles. The van der Waals surface area contributed by atoms with Gasteiger partial charge in [-0.3, -0.25) is 4.99 Å². The van der Waals surface area contributed by atoms with E-state index in [1.165, 1.54) is 0 Å². The summed E-state index contributed by atoms with van der Waals surface area (Å²) in [6, 6.07) is 11.9. The predicted octanol–water partition coefficient (Wildman–Crippen LogP) is 3.44. The van der Waals surface area contributed by atoms with E-state index in [0.717, 1.165) is 47.6 Å². The summed E-state index contributed by atoms with van der Waals surface area (Å²) in [6.45, 7) is 5.90. The number of ether oxygens (including phenoxy) is 1. The molecule has 8 heteroatoms. The van der Waals surface area contributed by atoms with Gasteiger partial charge in [-0.2, -0.15) is 0 Å². The normalized spacial score (nSPS) is 17.0. The maximum absolute atomic E-state index is 6.03. The van der Waals surface area contributed by atoms with Crippen molar-refractivity contribution in [1.82, 2.24) is 15.6 Å². The summed E-state index contributed by atoms with van der Waals surface area (Å²) in [5.41, 5.74) is 2.27. The van der Waals surface area contributed by atoms with Crippen LogP contribution in [0.15, 0.2) is 47.6 Å². The standard InChI is InChI=1S/C20H26ClN5O.HI/c1-15-14-26(8-9-27-15)19-11-17(6-7-23-19)13-25-20(22-2)24-12-16-4-3-5-18(21)10-16;/h3-7,10-11,15H,8-9,12-14H2,1-2H3,(H2,22,24,25);1H. The van der Waals surface area contributed by atoms with Crippen LogP contribution in [0, 0.1) is 0 Å². The molecule has 2 N–H and O–H groups in total. The van der Waals surface area contributed by atoms with Crippen LogP contribution in [-0.4, -0.2) is 43.8 Å². The van der Waals surface area contributed by atoms with E-state index >= 15 is 0 Å². The van der Waals surface area contributed by atoms with Crippen molar-refractivity contribution in [2.45, 2.75) is 26.1 Å². The number of aromatic nitrogens is 1. The van der Waals surface area contributed by atoms with E-state index in [-0.39, 0.29) is 30.1 Å². The van der Waals surface area contributed by atoms with Crippen LogP contribution in [0.3, 0.4) is 0 Å². The number of morpholine rings is 1. The zero-order valence-electron chi connectivity index (χ0n) is 16.2. The van der Waals surface area contributed by atoms with E-state index in [1.807, 2.05) is 36.5 Å². The van der Waals surface area contributed by atoms with Gasteiger partial charge < -0.3 is 20.3 Å². The van der Waals surface area contributed by atoms with Crippen LogP contribution >= 0.6 is 35.6 Å². The second-order valence-electron chi connectivity index (χ2n) is 6.56. The van der Waals surface area contributed by atoms with Gasteiger partial charge in [0, 0.05) is 44.4 Å². The molecule has 0 aliphatic carbocycles. The first-order valence-corrected chi connectivity index (χ1v) is 9.52. The Morgan fingerprint density at radius 3 is 2.68 bits per heavy atom. The molecule has 1 unspecified atom stereocenters. The van der Waals surface area contributed by atoms with Crippen LogP contribution < -0.4 is 15.5 Å². The van der Waals surface area contributed by atoms with Gasteiger partial charge in [-0.15, -0.1) is 24.0 Å². The van der Waals surface area contributed by atoms with Gasteiger partial charge in [-0.25, -0.2) is 4.98 Å². The third-order valence-electron chi connectivity index (χ3n) is 4.41. The topological polar surface area (TPSA) is 61.8 Å². The molecule has 2 aromatic rings. The van der Waals surface area contributed by atoms with E-state index in [2.05, 4.69) is 38.5 Å². The van der Waals surface area contributed by atoms with Crippen molar-refractivity contribution >= 4 is 47.4 Å². The molecular weight excluding hydrogens is 489 g/mol. The Kier molecular flexibility index (Phi) is 9.27. The summed E-state index contributed by atoms with van der Waals surface area (Å²) in [6.07, 6.45) is 2.09. The summed E-state index contributed by atoms with van der Waals surface area (Å²) in [5, 5.41) is 7.38. The Hall–Kier alpha value is -1.58. The zero-order chi connectivity index (χ0) is 19.1. The highest BCUT2D eigenvalue weighted by Crippen LogP contribution is 2.16. The molecule has 2 heterocycles. The average Bonchev–Trinajstić information content (AvgIpc) is 2.68. The Balaban J connectivity index is 0.00000280. The van der Waals surface area contributed by atoms with Crippen LogP contribution in [0.25, 0.3) is 0 Å². The minimum atomic E-state index is 0. The minimum Gasteiger partial charge on any atom is -0.375 e. The fraction of sp³-hybridized carbons (Fsp3) is 0.400. The number of hydrogen-bond donors (Lipinski definition) is 2. The number of nitrogens with zero attached hydrogens (tertiary/aromatic N) is 3.